The zero-order valence-corrected chi connectivity index (χ0v) is 8.35. The number of rotatable bonds is 0. The maximum atomic E-state index is 5.81. The van der Waals surface area contributed by atoms with Gasteiger partial charge in [0.05, 0.1) is 0 Å². The SMILES string of the molecule is Cc1nc(C)c(Cl)c([As])n1. The van der Waals surface area contributed by atoms with Crippen LogP contribution in [-0.4, -0.2) is 26.8 Å². The van der Waals surface area contributed by atoms with Crippen LogP contribution in [0.5, 0.6) is 0 Å². The Bertz CT molecular complexity index is 239. The van der Waals surface area contributed by atoms with E-state index >= 15 is 0 Å². The Kier molecular flexibility index (Phi) is 2.32. The molecule has 0 atom stereocenters. The monoisotopic (exact) mass is 216 g/mol. The summed E-state index contributed by atoms with van der Waals surface area (Å²) < 4.78 is 0.791. The molecule has 0 saturated heterocycles. The second-order valence-corrected chi connectivity index (χ2v) is 3.26. The predicted octanol–water partition coefficient (Wildman–Crippen LogP) is 0.541. The summed E-state index contributed by atoms with van der Waals surface area (Å²) in [5.74, 6) is 0.762. The molecule has 0 saturated carbocycles. The van der Waals surface area contributed by atoms with Crippen LogP contribution in [-0.2, 0) is 0 Å². The summed E-state index contributed by atoms with van der Waals surface area (Å²) in [7, 11) is 0. The van der Waals surface area contributed by atoms with Gasteiger partial charge < -0.3 is 0 Å². The molecule has 0 aliphatic rings. The fourth-order valence-corrected chi connectivity index (χ4v) is 1.41. The van der Waals surface area contributed by atoms with E-state index in [0.29, 0.717) is 5.02 Å². The van der Waals surface area contributed by atoms with Crippen molar-refractivity contribution >= 4 is 32.9 Å². The molecule has 0 aromatic carbocycles. The van der Waals surface area contributed by atoms with Crippen LogP contribution in [0, 0.1) is 13.8 Å². The van der Waals surface area contributed by atoms with Crippen molar-refractivity contribution < 1.29 is 0 Å². The molecule has 0 spiro atoms. The van der Waals surface area contributed by atoms with E-state index in [9.17, 15) is 0 Å². The first kappa shape index (κ1) is 8.03. The average molecular weight is 217 g/mol. The zero-order chi connectivity index (χ0) is 7.72. The summed E-state index contributed by atoms with van der Waals surface area (Å²) in [5, 5.41) is 0.644. The topological polar surface area (TPSA) is 25.8 Å². The Morgan fingerprint density at radius 3 is 2.40 bits per heavy atom. The van der Waals surface area contributed by atoms with E-state index in [-0.39, 0.29) is 0 Å². The number of halogens is 1. The summed E-state index contributed by atoms with van der Waals surface area (Å²) in [5.41, 5.74) is 0.838. The summed E-state index contributed by atoms with van der Waals surface area (Å²) >= 11 is 8.13. The molecular formula is C6H6AsClN2. The summed E-state index contributed by atoms with van der Waals surface area (Å²) in [6.45, 7) is 3.72. The van der Waals surface area contributed by atoms with E-state index in [1.54, 1.807) is 0 Å². The second kappa shape index (κ2) is 2.89. The molecule has 1 heterocycles. The third-order valence-electron chi connectivity index (χ3n) is 1.11. The molecule has 4 heteroatoms. The number of nitrogens with zero attached hydrogens (tertiary/aromatic N) is 2. The predicted molar refractivity (Wildman–Crippen MR) is 41.9 cm³/mol. The van der Waals surface area contributed by atoms with Crippen molar-refractivity contribution in [3.63, 3.8) is 0 Å². The van der Waals surface area contributed by atoms with Gasteiger partial charge in [0.25, 0.3) is 0 Å². The van der Waals surface area contributed by atoms with Crippen LogP contribution >= 0.6 is 11.6 Å². The first-order valence-corrected chi connectivity index (χ1v) is 4.12. The second-order valence-electron chi connectivity index (χ2n) is 1.99. The minimum atomic E-state index is 0.644. The van der Waals surface area contributed by atoms with Gasteiger partial charge in [-0.1, -0.05) is 0 Å². The van der Waals surface area contributed by atoms with Gasteiger partial charge in [-0.05, 0) is 0 Å². The Morgan fingerprint density at radius 2 is 1.90 bits per heavy atom. The maximum absolute atomic E-state index is 5.81. The molecule has 0 unspecified atom stereocenters. The minimum absolute atomic E-state index is 0.644. The number of hydrogen-bond donors (Lipinski definition) is 0. The van der Waals surface area contributed by atoms with Gasteiger partial charge in [0, 0.05) is 0 Å². The van der Waals surface area contributed by atoms with E-state index in [0.717, 1.165) is 16.0 Å². The zero-order valence-electron chi connectivity index (χ0n) is 5.72. The van der Waals surface area contributed by atoms with Gasteiger partial charge in [-0.3, -0.25) is 0 Å². The molecule has 1 aromatic rings. The normalized spacial score (nSPS) is 10.0. The molecule has 0 aliphatic carbocycles. The third kappa shape index (κ3) is 1.50. The van der Waals surface area contributed by atoms with Gasteiger partial charge in [0.2, 0.25) is 0 Å². The average Bonchev–Trinajstić information content (AvgIpc) is 1.82. The molecule has 0 aliphatic heterocycles. The van der Waals surface area contributed by atoms with Gasteiger partial charge in [-0.25, -0.2) is 0 Å². The van der Waals surface area contributed by atoms with Crippen molar-refractivity contribution in [2.45, 2.75) is 13.8 Å². The van der Waals surface area contributed by atoms with Crippen molar-refractivity contribution in [1.29, 1.82) is 0 Å². The van der Waals surface area contributed by atoms with E-state index in [4.69, 9.17) is 11.6 Å². The first-order chi connectivity index (χ1) is 4.61. The van der Waals surface area contributed by atoms with Crippen LogP contribution in [0.25, 0.3) is 0 Å². The Labute approximate surface area is 73.5 Å². The fourth-order valence-electron chi connectivity index (χ4n) is 0.681. The summed E-state index contributed by atoms with van der Waals surface area (Å²) in [6, 6.07) is 0. The van der Waals surface area contributed by atoms with Crippen LogP contribution in [0.1, 0.15) is 11.5 Å². The number of hydrogen-bond acceptors (Lipinski definition) is 2. The fraction of sp³-hybridized carbons (Fsp3) is 0.333. The van der Waals surface area contributed by atoms with Crippen molar-refractivity contribution in [3.8, 4) is 0 Å². The molecular weight excluding hydrogens is 210 g/mol. The van der Waals surface area contributed by atoms with Crippen LogP contribution in [0.3, 0.4) is 0 Å². The molecule has 0 fully saturated rings. The first-order valence-electron chi connectivity index (χ1n) is 2.81. The molecule has 0 N–H and O–H groups in total. The third-order valence-corrected chi connectivity index (χ3v) is 2.53. The molecule has 52 valence electrons. The Balaban J connectivity index is 3.31. The Morgan fingerprint density at radius 1 is 1.30 bits per heavy atom. The number of aryl methyl sites for hydroxylation is 2. The van der Waals surface area contributed by atoms with Gasteiger partial charge in [0.15, 0.2) is 0 Å². The summed E-state index contributed by atoms with van der Waals surface area (Å²) in [6.07, 6.45) is 0. The summed E-state index contributed by atoms with van der Waals surface area (Å²) in [4.78, 5) is 8.14. The van der Waals surface area contributed by atoms with Crippen LogP contribution in [0.4, 0.5) is 0 Å². The van der Waals surface area contributed by atoms with E-state index in [1.165, 1.54) is 0 Å². The van der Waals surface area contributed by atoms with E-state index < -0.39 is 0 Å². The van der Waals surface area contributed by atoms with Crippen molar-refractivity contribution in [2.24, 2.45) is 0 Å². The molecule has 2 radical (unpaired) electrons. The van der Waals surface area contributed by atoms with E-state index in [1.807, 2.05) is 13.8 Å². The standard InChI is InChI=1S/C6H6AsClN2/c1-3-5(8)6(7)10-4(2)9-3/h1-2H3. The molecule has 1 aromatic heterocycles. The number of aromatic nitrogens is 2. The molecule has 0 bridgehead atoms. The van der Waals surface area contributed by atoms with Crippen molar-refractivity contribution in [2.75, 3.05) is 0 Å². The van der Waals surface area contributed by atoms with Crippen LogP contribution in [0.2, 0.25) is 5.02 Å². The molecule has 2 nitrogen and oxygen atoms in total. The molecule has 1 rings (SSSR count). The van der Waals surface area contributed by atoms with Crippen molar-refractivity contribution in [1.82, 2.24) is 9.97 Å². The van der Waals surface area contributed by atoms with Crippen LogP contribution in [0.15, 0.2) is 0 Å². The van der Waals surface area contributed by atoms with Crippen LogP contribution < -0.4 is 4.48 Å². The van der Waals surface area contributed by atoms with E-state index in [2.05, 4.69) is 26.8 Å². The van der Waals surface area contributed by atoms with Gasteiger partial charge >= 0.3 is 73.3 Å². The molecule has 0 amide bonds. The quantitative estimate of drug-likeness (QED) is 0.592. The van der Waals surface area contributed by atoms with Crippen molar-refractivity contribution in [3.05, 3.63) is 16.5 Å². The van der Waals surface area contributed by atoms with Gasteiger partial charge in [-0.15, -0.1) is 0 Å². The van der Waals surface area contributed by atoms with Gasteiger partial charge in [0.1, 0.15) is 0 Å². The Hall–Kier alpha value is -0.0716. The molecule has 10 heavy (non-hydrogen) atoms. The van der Waals surface area contributed by atoms with Gasteiger partial charge in [-0.2, -0.15) is 0 Å².